The fraction of sp³-hybridized carbons (Fsp3) is 0.556. The second-order valence-corrected chi connectivity index (χ2v) is 3.55. The van der Waals surface area contributed by atoms with Gasteiger partial charge in [-0.3, -0.25) is 4.79 Å². The fourth-order valence-electron chi connectivity index (χ4n) is 1.15. The summed E-state index contributed by atoms with van der Waals surface area (Å²) in [5.74, 6) is 0. The Morgan fingerprint density at radius 1 is 1.62 bits per heavy atom. The Bertz CT molecular complexity index is 408. The summed E-state index contributed by atoms with van der Waals surface area (Å²) in [6.45, 7) is 1.79. The lowest BCUT2D eigenvalue weighted by Crippen LogP contribution is -2.24. The average Bonchev–Trinajstić information content (AvgIpc) is 2.24. The molecule has 4 nitrogen and oxygen atoms in total. The third-order valence-corrected chi connectivity index (χ3v) is 2.23. The van der Waals surface area contributed by atoms with Gasteiger partial charge < -0.3 is 5.32 Å². The highest BCUT2D eigenvalue weighted by atomic mass is 35.5. The molecule has 0 fully saturated rings. The second-order valence-electron chi connectivity index (χ2n) is 3.17. The van der Waals surface area contributed by atoms with Crippen LogP contribution in [0.25, 0.3) is 0 Å². The average molecular weight is 252 g/mol. The summed E-state index contributed by atoms with van der Waals surface area (Å²) in [5, 5.41) is 6.08. The van der Waals surface area contributed by atoms with E-state index in [0.717, 1.165) is 6.42 Å². The summed E-state index contributed by atoms with van der Waals surface area (Å²) in [5.41, 5.74) is -0.331. The summed E-state index contributed by atoms with van der Waals surface area (Å²) < 4.78 is 25.1. The van der Waals surface area contributed by atoms with E-state index in [1.165, 1.54) is 10.9 Å². The van der Waals surface area contributed by atoms with Crippen LogP contribution in [0.4, 0.5) is 14.5 Å². The maximum Gasteiger partial charge on any atom is 0.287 e. The summed E-state index contributed by atoms with van der Waals surface area (Å²) in [4.78, 5) is 11.6. The van der Waals surface area contributed by atoms with Gasteiger partial charge in [0.2, 0.25) is 0 Å². The Balaban J connectivity index is 2.89. The molecule has 0 aliphatic carbocycles. The second kappa shape index (κ2) is 5.79. The Kier molecular flexibility index (Phi) is 4.67. The molecule has 1 aromatic rings. The predicted octanol–water partition coefficient (Wildman–Crippen LogP) is 1.98. The molecule has 7 heteroatoms. The monoisotopic (exact) mass is 251 g/mol. The van der Waals surface area contributed by atoms with Crippen molar-refractivity contribution in [3.05, 3.63) is 21.6 Å². The first kappa shape index (κ1) is 12.9. The number of nitrogens with zero attached hydrogens (tertiary/aromatic N) is 2. The van der Waals surface area contributed by atoms with Gasteiger partial charge >= 0.3 is 0 Å². The number of hydrogen-bond acceptors (Lipinski definition) is 3. The first-order chi connectivity index (χ1) is 7.56. The number of aromatic nitrogens is 2. The standard InChI is InChI=1S/C9H12ClF2N3O/c1-2-3-15-9(16)8(10)6(4-14-15)13-5-7(11)12/h4,7,13H,2-3,5H2,1H3. The van der Waals surface area contributed by atoms with Crippen LogP contribution in [0, 0.1) is 0 Å². The number of rotatable bonds is 5. The van der Waals surface area contributed by atoms with Gasteiger partial charge in [0, 0.05) is 6.54 Å². The van der Waals surface area contributed by atoms with E-state index < -0.39 is 18.5 Å². The number of halogens is 3. The molecule has 0 amide bonds. The van der Waals surface area contributed by atoms with Crippen LogP contribution in [0.15, 0.2) is 11.0 Å². The summed E-state index contributed by atoms with van der Waals surface area (Å²) >= 11 is 5.74. The zero-order valence-corrected chi connectivity index (χ0v) is 9.47. The van der Waals surface area contributed by atoms with Crippen LogP contribution in [-0.4, -0.2) is 22.8 Å². The topological polar surface area (TPSA) is 46.9 Å². The van der Waals surface area contributed by atoms with Gasteiger partial charge in [-0.25, -0.2) is 13.5 Å². The molecular weight excluding hydrogens is 240 g/mol. The molecule has 1 rings (SSSR count). The molecule has 0 aromatic carbocycles. The Labute approximate surface area is 96.2 Å². The molecule has 0 saturated heterocycles. The van der Waals surface area contributed by atoms with Crippen molar-refractivity contribution in [3.63, 3.8) is 0 Å². The lowest BCUT2D eigenvalue weighted by Gasteiger charge is -2.09. The van der Waals surface area contributed by atoms with Crippen LogP contribution in [0.3, 0.4) is 0 Å². The van der Waals surface area contributed by atoms with Crippen molar-refractivity contribution in [2.24, 2.45) is 0 Å². The van der Waals surface area contributed by atoms with E-state index in [1.54, 1.807) is 0 Å². The van der Waals surface area contributed by atoms with E-state index in [0.29, 0.717) is 6.54 Å². The first-order valence-electron chi connectivity index (χ1n) is 4.84. The molecule has 0 radical (unpaired) electrons. The molecule has 0 bridgehead atoms. The summed E-state index contributed by atoms with van der Waals surface area (Å²) in [6.07, 6.45) is -0.483. The molecule has 0 unspecified atom stereocenters. The van der Waals surface area contributed by atoms with Gasteiger partial charge in [-0.2, -0.15) is 5.10 Å². The number of hydrogen-bond donors (Lipinski definition) is 1. The highest BCUT2D eigenvalue weighted by Crippen LogP contribution is 2.15. The van der Waals surface area contributed by atoms with Crippen LogP contribution in [0.5, 0.6) is 0 Å². The molecule has 16 heavy (non-hydrogen) atoms. The van der Waals surface area contributed by atoms with Crippen LogP contribution >= 0.6 is 11.6 Å². The number of alkyl halides is 2. The predicted molar refractivity (Wildman–Crippen MR) is 58.3 cm³/mol. The molecule has 90 valence electrons. The van der Waals surface area contributed by atoms with Gasteiger partial charge in [0.1, 0.15) is 5.02 Å². The van der Waals surface area contributed by atoms with Crippen molar-refractivity contribution in [2.45, 2.75) is 26.3 Å². The van der Waals surface area contributed by atoms with Crippen molar-refractivity contribution < 1.29 is 8.78 Å². The SMILES string of the molecule is CCCn1ncc(NCC(F)F)c(Cl)c1=O. The van der Waals surface area contributed by atoms with Gasteiger partial charge in [-0.1, -0.05) is 18.5 Å². The van der Waals surface area contributed by atoms with E-state index in [-0.39, 0.29) is 10.7 Å². The van der Waals surface area contributed by atoms with E-state index in [9.17, 15) is 13.6 Å². The quantitative estimate of drug-likeness (QED) is 0.871. The molecule has 0 aliphatic heterocycles. The highest BCUT2D eigenvalue weighted by Gasteiger charge is 2.10. The number of aryl methyl sites for hydroxylation is 1. The minimum Gasteiger partial charge on any atom is -0.377 e. The Hall–Kier alpha value is -1.17. The highest BCUT2D eigenvalue weighted by molar-refractivity contribution is 6.32. The molecule has 1 N–H and O–H groups in total. The van der Waals surface area contributed by atoms with Gasteiger partial charge in [0.15, 0.2) is 0 Å². The van der Waals surface area contributed by atoms with Crippen LogP contribution < -0.4 is 10.9 Å². The van der Waals surface area contributed by atoms with Gasteiger partial charge in [0.25, 0.3) is 12.0 Å². The minimum atomic E-state index is -2.51. The molecule has 1 heterocycles. The van der Waals surface area contributed by atoms with Gasteiger partial charge in [0.05, 0.1) is 18.4 Å². The maximum absolute atomic E-state index is 11.9. The number of nitrogens with one attached hydrogen (secondary N) is 1. The van der Waals surface area contributed by atoms with E-state index >= 15 is 0 Å². The van der Waals surface area contributed by atoms with Crippen molar-refractivity contribution in [1.29, 1.82) is 0 Å². The van der Waals surface area contributed by atoms with Crippen molar-refractivity contribution >= 4 is 17.3 Å². The lowest BCUT2D eigenvalue weighted by atomic mass is 10.4. The largest absolute Gasteiger partial charge is 0.377 e. The van der Waals surface area contributed by atoms with Gasteiger partial charge in [-0.15, -0.1) is 0 Å². The first-order valence-corrected chi connectivity index (χ1v) is 5.21. The van der Waals surface area contributed by atoms with Crippen LogP contribution in [0.1, 0.15) is 13.3 Å². The molecule has 1 aromatic heterocycles. The number of anilines is 1. The third-order valence-electron chi connectivity index (χ3n) is 1.87. The van der Waals surface area contributed by atoms with Gasteiger partial charge in [-0.05, 0) is 6.42 Å². The van der Waals surface area contributed by atoms with Crippen LogP contribution in [0.2, 0.25) is 5.02 Å². The zero-order chi connectivity index (χ0) is 12.1. The zero-order valence-electron chi connectivity index (χ0n) is 8.71. The lowest BCUT2D eigenvalue weighted by molar-refractivity contribution is 0.163. The van der Waals surface area contributed by atoms with Crippen molar-refractivity contribution in [2.75, 3.05) is 11.9 Å². The molecule has 0 saturated carbocycles. The van der Waals surface area contributed by atoms with Crippen LogP contribution in [-0.2, 0) is 6.54 Å². The third kappa shape index (κ3) is 3.16. The van der Waals surface area contributed by atoms with E-state index in [2.05, 4.69) is 10.4 Å². The smallest absolute Gasteiger partial charge is 0.287 e. The summed E-state index contributed by atoms with van der Waals surface area (Å²) in [7, 11) is 0. The minimum absolute atomic E-state index is 0.107. The van der Waals surface area contributed by atoms with Crippen molar-refractivity contribution in [3.8, 4) is 0 Å². The molecule has 0 aliphatic rings. The fourth-order valence-corrected chi connectivity index (χ4v) is 1.36. The van der Waals surface area contributed by atoms with E-state index in [4.69, 9.17) is 11.6 Å². The normalized spacial score (nSPS) is 10.8. The molecule has 0 spiro atoms. The van der Waals surface area contributed by atoms with Crippen molar-refractivity contribution in [1.82, 2.24) is 9.78 Å². The molecular formula is C9H12ClF2N3O. The van der Waals surface area contributed by atoms with E-state index in [1.807, 2.05) is 6.92 Å². The molecule has 0 atom stereocenters. The maximum atomic E-state index is 11.9. The summed E-state index contributed by atoms with van der Waals surface area (Å²) in [6, 6.07) is 0. The Morgan fingerprint density at radius 2 is 2.31 bits per heavy atom. The Morgan fingerprint density at radius 3 is 2.88 bits per heavy atom.